The van der Waals surface area contributed by atoms with E-state index in [1.807, 2.05) is 48.5 Å². The van der Waals surface area contributed by atoms with Gasteiger partial charge in [0.25, 0.3) is 0 Å². The highest BCUT2D eigenvalue weighted by molar-refractivity contribution is 14.1. The number of nitrogen functional groups attached to an aromatic ring is 1. The van der Waals surface area contributed by atoms with Crippen molar-refractivity contribution in [3.05, 3.63) is 48.5 Å². The van der Waals surface area contributed by atoms with Gasteiger partial charge in [-0.15, -0.1) is 0 Å². The summed E-state index contributed by atoms with van der Waals surface area (Å²) in [5, 5.41) is 2.35. The number of hydrogen-bond donors (Lipinski definition) is 1. The van der Waals surface area contributed by atoms with Gasteiger partial charge in [-0.3, -0.25) is 9.80 Å². The molecule has 2 N–H and O–H groups in total. The van der Waals surface area contributed by atoms with E-state index in [1.165, 1.54) is 0 Å². The van der Waals surface area contributed by atoms with Crippen LogP contribution in [0.25, 0.3) is 0 Å². The molecule has 34 heavy (non-hydrogen) atoms. The van der Waals surface area contributed by atoms with Crippen LogP contribution in [-0.2, 0) is 0 Å². The molecule has 2 aromatic rings. The second-order valence-electron chi connectivity index (χ2n) is 8.11. The first-order valence-electron chi connectivity index (χ1n) is 12.8. The maximum atomic E-state index is 6.24. The summed E-state index contributed by atoms with van der Waals surface area (Å²) in [5.74, 6) is 1.82. The van der Waals surface area contributed by atoms with Crippen molar-refractivity contribution in [1.82, 2.24) is 9.80 Å². The number of likely N-dealkylation sites (tertiary alicyclic amines) is 2. The number of alkyl halides is 1. The molecule has 4 rings (SSSR count). The number of ether oxygens (including phenoxy) is 2. The highest BCUT2D eigenvalue weighted by Gasteiger charge is 2.23. The minimum Gasteiger partial charge on any atom is -0.489 e. The third kappa shape index (κ3) is 9.88. The monoisotopic (exact) mass is 599 g/mol. The molecule has 2 aliphatic rings. The second kappa shape index (κ2) is 16.1. The quantitative estimate of drug-likeness (QED) is 0.145. The first kappa shape index (κ1) is 25.4. The standard InChI is InChI=1S/C13H16N2OS.C12H18N2O.CH3I/c1-2-15-8-7-13(9-15)16-12-5-3-11(4-6-12)14-10-17;1-2-14-8-7-12(9-14)15-11-5-3-10(13)4-6-11;1-2/h3-6,13H,2,7-9H2,1H3;3-6,12H,2,7-9,13H2,1H3;1H3/i;;1TD. The fraction of sp³-hybridized carbons (Fsp3) is 0.500. The molecule has 2 aromatic carbocycles. The Labute approximate surface area is 226 Å². The number of anilines is 1. The van der Waals surface area contributed by atoms with E-state index in [9.17, 15) is 0 Å². The Morgan fingerprint density at radius 2 is 1.47 bits per heavy atom. The van der Waals surface area contributed by atoms with Gasteiger partial charge in [-0.25, -0.2) is 0 Å². The molecular formula is C26H37IN4O2S. The van der Waals surface area contributed by atoms with Crippen LogP contribution in [-0.4, -0.2) is 71.3 Å². The van der Waals surface area contributed by atoms with Crippen molar-refractivity contribution in [1.29, 1.82) is 0 Å². The molecule has 2 saturated heterocycles. The molecule has 0 bridgehead atoms. The third-order valence-corrected chi connectivity index (χ3v) is 5.94. The van der Waals surface area contributed by atoms with Crippen LogP contribution in [0.5, 0.6) is 11.5 Å². The normalized spacial score (nSPS) is 21.5. The number of rotatable bonds is 7. The molecule has 0 spiro atoms. The molecule has 0 aromatic heterocycles. The lowest BCUT2D eigenvalue weighted by Crippen LogP contribution is -2.24. The summed E-state index contributed by atoms with van der Waals surface area (Å²) in [7, 11) is 0. The molecule has 6 nitrogen and oxygen atoms in total. The van der Waals surface area contributed by atoms with E-state index in [2.05, 4.69) is 46.0 Å². The highest BCUT2D eigenvalue weighted by atomic mass is 127. The van der Waals surface area contributed by atoms with E-state index in [0.29, 0.717) is 12.2 Å². The molecule has 0 aliphatic carbocycles. The van der Waals surface area contributed by atoms with Crippen molar-refractivity contribution < 1.29 is 12.2 Å². The van der Waals surface area contributed by atoms with Crippen LogP contribution in [0.15, 0.2) is 53.5 Å². The van der Waals surface area contributed by atoms with Crippen LogP contribution < -0.4 is 15.2 Å². The largest absolute Gasteiger partial charge is 0.489 e. The average Bonchev–Trinajstić information content (AvgIpc) is 3.51. The predicted molar refractivity (Wildman–Crippen MR) is 154 cm³/mol. The molecule has 3 unspecified atom stereocenters. The van der Waals surface area contributed by atoms with Gasteiger partial charge in [-0.1, -0.05) is 36.4 Å². The van der Waals surface area contributed by atoms with E-state index in [4.69, 9.17) is 17.9 Å². The number of isothiocyanates is 1. The van der Waals surface area contributed by atoms with Crippen LogP contribution in [0.1, 0.15) is 29.4 Å². The second-order valence-corrected chi connectivity index (χ2v) is 8.29. The van der Waals surface area contributed by atoms with Gasteiger partial charge in [-0.2, -0.15) is 4.99 Å². The SMILES string of the molecule is CCN1CCC(Oc2ccc(N)cc2)C1.CCN1CCC(Oc2ccc(N=C=S)cc2)C1.[2H]C([3H])I. The van der Waals surface area contributed by atoms with Gasteiger partial charge in [0.1, 0.15) is 23.7 Å². The van der Waals surface area contributed by atoms with E-state index < -0.39 is 4.88 Å². The maximum absolute atomic E-state index is 6.24. The van der Waals surface area contributed by atoms with E-state index in [0.717, 1.165) is 75.0 Å². The van der Waals surface area contributed by atoms with Crippen LogP contribution in [0, 0.1) is 0 Å². The van der Waals surface area contributed by atoms with Crippen molar-refractivity contribution in [2.75, 3.05) is 49.9 Å². The predicted octanol–water partition coefficient (Wildman–Crippen LogP) is 5.69. The van der Waals surface area contributed by atoms with Gasteiger partial charge in [-0.05, 0) is 91.6 Å². The average molecular weight is 600 g/mol. The third-order valence-electron chi connectivity index (χ3n) is 5.85. The zero-order chi connectivity index (χ0) is 26.3. The summed E-state index contributed by atoms with van der Waals surface area (Å²) in [6.45, 7) is 10.9. The van der Waals surface area contributed by atoms with Crippen molar-refractivity contribution >= 4 is 51.3 Å². The molecule has 2 fully saturated rings. The number of likely N-dealkylation sites (N-methyl/N-ethyl adjacent to an activating group) is 2. The molecule has 2 heterocycles. The lowest BCUT2D eigenvalue weighted by Gasteiger charge is -2.15. The summed E-state index contributed by atoms with van der Waals surface area (Å²) in [6, 6.07) is 15.3. The van der Waals surface area contributed by atoms with E-state index in [1.54, 1.807) is 22.6 Å². The Hall–Kier alpha value is -1.71. The minimum atomic E-state index is -0.697. The number of thiocarbonyl (C=S) groups is 1. The van der Waals surface area contributed by atoms with Gasteiger partial charge < -0.3 is 15.2 Å². The molecule has 186 valence electrons. The molecule has 0 saturated carbocycles. The van der Waals surface area contributed by atoms with Gasteiger partial charge in [0.15, 0.2) is 0 Å². The fourth-order valence-corrected chi connectivity index (χ4v) is 4.05. The Balaban J connectivity index is 0.000000222. The number of nitrogens with two attached hydrogens (primary N) is 1. The minimum absolute atomic E-state index is 0.315. The molecule has 2 aliphatic heterocycles. The number of hydrogen-bond acceptors (Lipinski definition) is 7. The lowest BCUT2D eigenvalue weighted by atomic mass is 10.3. The van der Waals surface area contributed by atoms with Crippen LogP contribution in [0.3, 0.4) is 0 Å². The van der Waals surface area contributed by atoms with Crippen molar-refractivity contribution in [3.63, 3.8) is 0 Å². The first-order chi connectivity index (χ1) is 17.3. The first-order valence-corrected chi connectivity index (χ1v) is 13.3. The Morgan fingerprint density at radius 3 is 1.85 bits per heavy atom. The van der Waals surface area contributed by atoms with Crippen molar-refractivity contribution in [2.45, 2.75) is 38.9 Å². The topological polar surface area (TPSA) is 63.3 Å². The Bertz CT molecular complexity index is 928. The van der Waals surface area contributed by atoms with Gasteiger partial charge in [0, 0.05) is 34.6 Å². The summed E-state index contributed by atoms with van der Waals surface area (Å²) in [4.78, 5) is 8.01. The molecular weight excluding hydrogens is 559 g/mol. The van der Waals surface area contributed by atoms with Crippen LogP contribution in [0.4, 0.5) is 11.4 Å². The number of benzene rings is 2. The van der Waals surface area contributed by atoms with Crippen LogP contribution >= 0.6 is 34.8 Å². The Kier molecular flexibility index (Phi) is 12.0. The molecule has 0 radical (unpaired) electrons. The number of nitrogens with zero attached hydrogens (tertiary/aromatic N) is 3. The highest BCUT2D eigenvalue weighted by Crippen LogP contribution is 2.22. The van der Waals surface area contributed by atoms with Crippen molar-refractivity contribution in [2.24, 2.45) is 4.99 Å². The lowest BCUT2D eigenvalue weighted by molar-refractivity contribution is 0.202. The smallest absolute Gasteiger partial charge is 0.119 e. The molecule has 8 heteroatoms. The number of aliphatic imine (C=N–C) groups is 1. The summed E-state index contributed by atoms with van der Waals surface area (Å²) in [6.07, 6.45) is 2.88. The Morgan fingerprint density at radius 1 is 1.03 bits per heavy atom. The van der Waals surface area contributed by atoms with E-state index in [-0.39, 0.29) is 0 Å². The summed E-state index contributed by atoms with van der Waals surface area (Å²) in [5.41, 5.74) is 7.21. The van der Waals surface area contributed by atoms with Crippen molar-refractivity contribution in [3.8, 4) is 11.5 Å². The fourth-order valence-electron chi connectivity index (χ4n) is 3.94. The maximum Gasteiger partial charge on any atom is 0.119 e. The summed E-state index contributed by atoms with van der Waals surface area (Å²) < 4.78 is 24.2. The number of halogens is 1. The van der Waals surface area contributed by atoms with Gasteiger partial charge in [0.2, 0.25) is 0 Å². The zero-order valence-corrected chi connectivity index (χ0v) is 23.0. The van der Waals surface area contributed by atoms with E-state index >= 15 is 0 Å². The summed E-state index contributed by atoms with van der Waals surface area (Å²) >= 11 is 6.23. The van der Waals surface area contributed by atoms with Gasteiger partial charge in [0.05, 0.1) is 10.8 Å². The molecule has 3 atom stereocenters. The zero-order valence-electron chi connectivity index (χ0n) is 22.0. The van der Waals surface area contributed by atoms with Crippen LogP contribution in [0.2, 0.25) is 0 Å². The van der Waals surface area contributed by atoms with Gasteiger partial charge >= 0.3 is 0 Å². The molecule has 0 amide bonds.